The lowest BCUT2D eigenvalue weighted by Crippen LogP contribution is -2.07. The Labute approximate surface area is 111 Å². The summed E-state index contributed by atoms with van der Waals surface area (Å²) in [4.78, 5) is 23.5. The van der Waals surface area contributed by atoms with Crippen molar-refractivity contribution >= 4 is 11.8 Å². The van der Waals surface area contributed by atoms with Gasteiger partial charge in [-0.3, -0.25) is 4.79 Å². The first-order valence-electron chi connectivity index (χ1n) is 5.88. The SMILES string of the molecule is COC(=O)C1=CC=C(C(=O)c2ccc(CO)cc2)C1. The number of ether oxygens (including phenoxy) is 1. The van der Waals surface area contributed by atoms with E-state index in [4.69, 9.17) is 5.11 Å². The second-order valence-corrected chi connectivity index (χ2v) is 4.24. The van der Waals surface area contributed by atoms with E-state index in [0.29, 0.717) is 23.1 Å². The minimum Gasteiger partial charge on any atom is -0.466 e. The van der Waals surface area contributed by atoms with E-state index in [-0.39, 0.29) is 12.4 Å². The second-order valence-electron chi connectivity index (χ2n) is 4.24. The van der Waals surface area contributed by atoms with Crippen molar-refractivity contribution in [3.05, 3.63) is 58.7 Å². The van der Waals surface area contributed by atoms with E-state index in [0.717, 1.165) is 5.56 Å². The molecule has 0 heterocycles. The fraction of sp³-hybridized carbons (Fsp3) is 0.200. The van der Waals surface area contributed by atoms with Gasteiger partial charge in [0.2, 0.25) is 0 Å². The van der Waals surface area contributed by atoms with Gasteiger partial charge in [-0.2, -0.15) is 0 Å². The first-order chi connectivity index (χ1) is 9.15. The summed E-state index contributed by atoms with van der Waals surface area (Å²) >= 11 is 0. The Morgan fingerprint density at radius 1 is 1.16 bits per heavy atom. The molecule has 0 saturated heterocycles. The number of benzene rings is 1. The minimum absolute atomic E-state index is 0.0504. The fourth-order valence-electron chi connectivity index (χ4n) is 1.90. The summed E-state index contributed by atoms with van der Waals surface area (Å²) < 4.78 is 4.62. The number of hydrogen-bond donors (Lipinski definition) is 1. The van der Waals surface area contributed by atoms with Gasteiger partial charge in [0, 0.05) is 23.1 Å². The standard InChI is InChI=1S/C15H14O4/c1-19-15(18)13-7-6-12(8-13)14(17)11-4-2-10(9-16)3-5-11/h2-7,16H,8-9H2,1H3. The van der Waals surface area contributed by atoms with Crippen LogP contribution in [0.1, 0.15) is 22.3 Å². The molecule has 0 saturated carbocycles. The number of allylic oxidation sites excluding steroid dienone is 3. The Hall–Kier alpha value is -2.20. The highest BCUT2D eigenvalue weighted by molar-refractivity contribution is 6.11. The smallest absolute Gasteiger partial charge is 0.334 e. The molecular weight excluding hydrogens is 244 g/mol. The van der Waals surface area contributed by atoms with Gasteiger partial charge >= 0.3 is 5.97 Å². The van der Waals surface area contributed by atoms with E-state index in [1.807, 2.05) is 0 Å². The first-order valence-corrected chi connectivity index (χ1v) is 5.88. The van der Waals surface area contributed by atoms with E-state index in [9.17, 15) is 9.59 Å². The van der Waals surface area contributed by atoms with Crippen LogP contribution in [-0.2, 0) is 16.1 Å². The van der Waals surface area contributed by atoms with Crippen LogP contribution in [0.25, 0.3) is 0 Å². The molecule has 0 radical (unpaired) electrons. The Bertz CT molecular complexity index is 564. The highest BCUT2D eigenvalue weighted by Gasteiger charge is 2.21. The number of carbonyl (C=O) groups excluding carboxylic acids is 2. The van der Waals surface area contributed by atoms with Crippen LogP contribution in [0.3, 0.4) is 0 Å². The molecule has 0 atom stereocenters. The number of hydrogen-bond acceptors (Lipinski definition) is 4. The Kier molecular flexibility index (Phi) is 3.92. The minimum atomic E-state index is -0.408. The van der Waals surface area contributed by atoms with Crippen LogP contribution in [0.15, 0.2) is 47.6 Å². The zero-order chi connectivity index (χ0) is 13.8. The number of ketones is 1. The van der Waals surface area contributed by atoms with Crippen LogP contribution in [0.5, 0.6) is 0 Å². The van der Waals surface area contributed by atoms with Gasteiger partial charge in [0.05, 0.1) is 13.7 Å². The summed E-state index contributed by atoms with van der Waals surface area (Å²) in [6.45, 7) is -0.0504. The van der Waals surface area contributed by atoms with E-state index in [2.05, 4.69) is 4.74 Å². The van der Waals surface area contributed by atoms with Gasteiger partial charge in [-0.05, 0) is 5.56 Å². The maximum absolute atomic E-state index is 12.2. The van der Waals surface area contributed by atoms with Gasteiger partial charge in [0.1, 0.15) is 0 Å². The maximum Gasteiger partial charge on any atom is 0.334 e. The monoisotopic (exact) mass is 258 g/mol. The zero-order valence-corrected chi connectivity index (χ0v) is 10.6. The predicted octanol–water partition coefficient (Wildman–Crippen LogP) is 1.79. The number of aliphatic hydroxyl groups excluding tert-OH is 1. The molecule has 0 fully saturated rings. The third-order valence-corrected chi connectivity index (χ3v) is 3.00. The van der Waals surface area contributed by atoms with Crippen molar-refractivity contribution in [2.75, 3.05) is 7.11 Å². The zero-order valence-electron chi connectivity index (χ0n) is 10.6. The topological polar surface area (TPSA) is 63.6 Å². The average Bonchev–Trinajstić information content (AvgIpc) is 2.95. The van der Waals surface area contributed by atoms with Crippen LogP contribution in [0.2, 0.25) is 0 Å². The van der Waals surface area contributed by atoms with Crippen molar-refractivity contribution in [2.24, 2.45) is 0 Å². The van der Waals surface area contributed by atoms with Gasteiger partial charge in [-0.25, -0.2) is 4.79 Å². The van der Waals surface area contributed by atoms with Crippen molar-refractivity contribution in [2.45, 2.75) is 13.0 Å². The molecule has 1 aromatic rings. The average molecular weight is 258 g/mol. The number of Topliss-reactive ketones (excluding diaryl/α,β-unsaturated/α-hetero) is 1. The van der Waals surface area contributed by atoms with Gasteiger partial charge in [0.15, 0.2) is 5.78 Å². The normalized spacial score (nSPS) is 13.8. The number of carbonyl (C=O) groups is 2. The van der Waals surface area contributed by atoms with Crippen LogP contribution in [-0.4, -0.2) is 24.0 Å². The predicted molar refractivity (Wildman–Crippen MR) is 69.5 cm³/mol. The molecule has 19 heavy (non-hydrogen) atoms. The third-order valence-electron chi connectivity index (χ3n) is 3.00. The van der Waals surface area contributed by atoms with Crippen molar-refractivity contribution < 1.29 is 19.4 Å². The van der Waals surface area contributed by atoms with Crippen LogP contribution >= 0.6 is 0 Å². The van der Waals surface area contributed by atoms with Crippen molar-refractivity contribution in [1.29, 1.82) is 0 Å². The summed E-state index contributed by atoms with van der Waals surface area (Å²) in [5.74, 6) is -0.519. The summed E-state index contributed by atoms with van der Waals surface area (Å²) in [7, 11) is 1.32. The highest BCUT2D eigenvalue weighted by atomic mass is 16.5. The van der Waals surface area contributed by atoms with Gasteiger partial charge in [-0.15, -0.1) is 0 Å². The van der Waals surface area contributed by atoms with Crippen molar-refractivity contribution in [1.82, 2.24) is 0 Å². The molecular formula is C15H14O4. The summed E-state index contributed by atoms with van der Waals surface area (Å²) in [5.41, 5.74) is 2.35. The lowest BCUT2D eigenvalue weighted by atomic mass is 10.00. The lowest BCUT2D eigenvalue weighted by Gasteiger charge is -2.04. The first kappa shape index (κ1) is 13.2. The molecule has 0 amide bonds. The summed E-state index contributed by atoms with van der Waals surface area (Å²) in [6.07, 6.45) is 3.56. The van der Waals surface area contributed by atoms with E-state index < -0.39 is 5.97 Å². The molecule has 1 aliphatic carbocycles. The molecule has 1 aliphatic rings. The van der Waals surface area contributed by atoms with Gasteiger partial charge < -0.3 is 9.84 Å². The maximum atomic E-state index is 12.2. The summed E-state index contributed by atoms with van der Waals surface area (Å²) in [5, 5.41) is 8.95. The van der Waals surface area contributed by atoms with Crippen LogP contribution in [0.4, 0.5) is 0 Å². The Balaban J connectivity index is 2.08. The third kappa shape index (κ3) is 2.80. The number of methoxy groups -OCH3 is 1. The second kappa shape index (κ2) is 5.63. The van der Waals surface area contributed by atoms with Gasteiger partial charge in [-0.1, -0.05) is 36.4 Å². The molecule has 1 aromatic carbocycles. The Morgan fingerprint density at radius 2 is 1.79 bits per heavy atom. The lowest BCUT2D eigenvalue weighted by molar-refractivity contribution is -0.136. The number of aliphatic hydroxyl groups is 1. The van der Waals surface area contributed by atoms with Gasteiger partial charge in [0.25, 0.3) is 0 Å². The van der Waals surface area contributed by atoms with E-state index in [1.165, 1.54) is 7.11 Å². The molecule has 0 aromatic heterocycles. The molecule has 98 valence electrons. The molecule has 0 aliphatic heterocycles. The van der Waals surface area contributed by atoms with Crippen molar-refractivity contribution in [3.63, 3.8) is 0 Å². The fourth-order valence-corrected chi connectivity index (χ4v) is 1.90. The van der Waals surface area contributed by atoms with Crippen LogP contribution < -0.4 is 0 Å². The molecule has 4 heteroatoms. The Morgan fingerprint density at radius 3 is 2.37 bits per heavy atom. The quantitative estimate of drug-likeness (QED) is 0.660. The van der Waals surface area contributed by atoms with Crippen LogP contribution in [0, 0.1) is 0 Å². The summed E-state index contributed by atoms with van der Waals surface area (Å²) in [6, 6.07) is 6.75. The molecule has 0 unspecified atom stereocenters. The molecule has 2 rings (SSSR count). The molecule has 4 nitrogen and oxygen atoms in total. The number of rotatable bonds is 4. The molecule has 0 bridgehead atoms. The molecule has 0 spiro atoms. The molecule has 1 N–H and O–H groups in total. The van der Waals surface area contributed by atoms with E-state index in [1.54, 1.807) is 36.4 Å². The largest absolute Gasteiger partial charge is 0.466 e. The van der Waals surface area contributed by atoms with Crippen molar-refractivity contribution in [3.8, 4) is 0 Å². The number of esters is 1. The highest BCUT2D eigenvalue weighted by Crippen LogP contribution is 2.23. The van der Waals surface area contributed by atoms with E-state index >= 15 is 0 Å².